The van der Waals surface area contributed by atoms with Gasteiger partial charge in [-0.2, -0.15) is 0 Å². The predicted molar refractivity (Wildman–Crippen MR) is 265 cm³/mol. The van der Waals surface area contributed by atoms with Crippen molar-refractivity contribution in [3.05, 3.63) is 11.6 Å². The monoisotopic (exact) mass is 1110 g/mol. The zero-order valence-electron chi connectivity index (χ0n) is 45.9. The van der Waals surface area contributed by atoms with Crippen LogP contribution in [-0.4, -0.2) is 207 Å². The van der Waals surface area contributed by atoms with E-state index in [1.807, 2.05) is 0 Å². The molecule has 2 bridgehead atoms. The van der Waals surface area contributed by atoms with Crippen molar-refractivity contribution in [2.75, 3.05) is 6.61 Å². The van der Waals surface area contributed by atoms with E-state index in [0.717, 1.165) is 51.4 Å². The number of esters is 4. The van der Waals surface area contributed by atoms with E-state index in [2.05, 4.69) is 6.92 Å². The molecule has 444 valence electrons. The number of carbonyl (C=O) groups is 4. The zero-order chi connectivity index (χ0) is 56.8. The lowest BCUT2D eigenvalue weighted by Crippen LogP contribution is -2.68. The minimum Gasteiger partial charge on any atom is -0.463 e. The molecule has 5 fully saturated rings. The van der Waals surface area contributed by atoms with Crippen molar-refractivity contribution < 1.29 is 117 Å². The van der Waals surface area contributed by atoms with E-state index < -0.39 is 178 Å². The summed E-state index contributed by atoms with van der Waals surface area (Å²) in [6, 6.07) is 0. The molecule has 0 aromatic heterocycles. The highest BCUT2D eigenvalue weighted by Gasteiger charge is 2.58. The molecule has 5 saturated heterocycles. The van der Waals surface area contributed by atoms with Crippen LogP contribution >= 0.6 is 0 Å². The third-order valence-corrected chi connectivity index (χ3v) is 14.9. The number of carbonyl (C=O) groups excluding carboxylic acids is 4. The SMILES string of the molecule is C/C=C(\C)C(=O)O[C@H]1[C@H](O)[C@@H](O)C(O[C@@H]2[C@H]3OC(=O)CCCCCCCCC[C@@H](CCCCC)O[C@@H]4O[C@H](O)[C@@H](O)[C@H](O)C4O[C@@H]4O[C@H](COC(=O)C(C)C)[C@@H](O)[C@H](O)[C@H]4O[C@H](O[C@H]2C)[C@@H]3OC(=O)[C@@H](C)[C@H](C)O)O[C@@H]1C. The van der Waals surface area contributed by atoms with Gasteiger partial charge in [0.1, 0.15) is 67.6 Å². The lowest BCUT2D eigenvalue weighted by atomic mass is 9.95. The van der Waals surface area contributed by atoms with Gasteiger partial charge in [-0.05, 0) is 60.8 Å². The van der Waals surface area contributed by atoms with Crippen LogP contribution in [0.2, 0.25) is 0 Å². The largest absolute Gasteiger partial charge is 0.463 e. The number of aliphatic hydroxyl groups excluding tert-OH is 8. The van der Waals surface area contributed by atoms with Gasteiger partial charge in [0.25, 0.3) is 0 Å². The van der Waals surface area contributed by atoms with Crippen molar-refractivity contribution in [1.29, 1.82) is 0 Å². The van der Waals surface area contributed by atoms with E-state index in [0.29, 0.717) is 25.7 Å². The molecule has 0 amide bonds. The average Bonchev–Trinajstić information content (AvgIpc) is 3.40. The van der Waals surface area contributed by atoms with Crippen LogP contribution in [0.5, 0.6) is 0 Å². The molecule has 0 radical (unpaired) electrons. The molecule has 23 atom stereocenters. The van der Waals surface area contributed by atoms with E-state index in [1.165, 1.54) is 40.7 Å². The number of ether oxygens (including phenoxy) is 12. The molecule has 0 saturated carbocycles. The van der Waals surface area contributed by atoms with Crippen molar-refractivity contribution in [2.24, 2.45) is 11.8 Å². The highest BCUT2D eigenvalue weighted by atomic mass is 16.8. The van der Waals surface area contributed by atoms with Crippen LogP contribution in [0.3, 0.4) is 0 Å². The topological polar surface area (TPSA) is 341 Å². The fourth-order valence-corrected chi connectivity index (χ4v) is 9.58. The van der Waals surface area contributed by atoms with Gasteiger partial charge in [0.05, 0.1) is 36.3 Å². The molecule has 2 unspecified atom stereocenters. The maximum Gasteiger partial charge on any atom is 0.333 e. The van der Waals surface area contributed by atoms with Crippen LogP contribution in [0.15, 0.2) is 11.6 Å². The molecule has 24 heteroatoms. The standard InChI is InChI=1S/C53H88O24/c1-10-12-18-21-31-22-19-16-14-13-15-17-20-23-33(55)71-44-41(74-50-39(61)37(59)40(29(8)67-50)72-47(63)26(5)11-2)30(9)68-53(45(44)73-48(64)27(6)28(7)54)76-42-35(57)34(56)32(24-66-46(62)25(3)4)70-52(42)75-43-36(58)38(60)49(65)77-51(43)69-31/h11,25,27-32,34-45,49-54,56-61,65H,10,12-24H2,1-9H3/b26-11+/t27-,28-,29+,30-,31+,32+,34+,35-,36-,37+,38-,39+,40+,41-,42+,43?,44+,45+,49-,50?,51+,52-,53-/m0/s1. The van der Waals surface area contributed by atoms with E-state index >= 15 is 0 Å². The molecule has 5 aliphatic heterocycles. The van der Waals surface area contributed by atoms with Crippen molar-refractivity contribution in [3.63, 3.8) is 0 Å². The summed E-state index contributed by atoms with van der Waals surface area (Å²) >= 11 is 0. The highest BCUT2D eigenvalue weighted by Crippen LogP contribution is 2.38. The Morgan fingerprint density at radius 1 is 0.649 bits per heavy atom. The first kappa shape index (κ1) is 64.8. The molecular formula is C53H88O24. The maximum absolute atomic E-state index is 14.0. The minimum atomic E-state index is -2.06. The highest BCUT2D eigenvalue weighted by molar-refractivity contribution is 5.87. The van der Waals surface area contributed by atoms with E-state index in [4.69, 9.17) is 56.8 Å². The van der Waals surface area contributed by atoms with Gasteiger partial charge in [-0.3, -0.25) is 14.4 Å². The maximum atomic E-state index is 14.0. The molecule has 77 heavy (non-hydrogen) atoms. The normalized spacial score (nSPS) is 40.3. The lowest BCUT2D eigenvalue weighted by molar-refractivity contribution is -0.407. The molecule has 24 nitrogen and oxygen atoms in total. The number of hydrogen-bond acceptors (Lipinski definition) is 24. The van der Waals surface area contributed by atoms with Gasteiger partial charge in [0, 0.05) is 12.0 Å². The Hall–Kier alpha value is -3.02. The third kappa shape index (κ3) is 17.5. The molecule has 0 aliphatic carbocycles. The Labute approximate surface area is 450 Å². The van der Waals surface area contributed by atoms with Crippen molar-refractivity contribution in [3.8, 4) is 0 Å². The summed E-state index contributed by atoms with van der Waals surface area (Å²) in [6.07, 6.45) is -26.4. The van der Waals surface area contributed by atoms with Gasteiger partial charge in [-0.25, -0.2) is 4.79 Å². The minimum absolute atomic E-state index is 0.115. The van der Waals surface area contributed by atoms with E-state index in [1.54, 1.807) is 20.8 Å². The molecule has 0 aromatic carbocycles. The Morgan fingerprint density at radius 2 is 1.26 bits per heavy atom. The van der Waals surface area contributed by atoms with E-state index in [9.17, 15) is 60.0 Å². The fourth-order valence-electron chi connectivity index (χ4n) is 9.58. The zero-order valence-corrected chi connectivity index (χ0v) is 45.9. The number of unbranched alkanes of at least 4 members (excludes halogenated alkanes) is 2. The Kier molecular flexibility index (Phi) is 25.8. The first-order valence-corrected chi connectivity index (χ1v) is 27.6. The summed E-state index contributed by atoms with van der Waals surface area (Å²) in [5.74, 6) is -5.12. The van der Waals surface area contributed by atoms with Gasteiger partial charge in [0.2, 0.25) is 0 Å². The van der Waals surface area contributed by atoms with Crippen LogP contribution < -0.4 is 0 Å². The molecular weight excluding hydrogens is 1020 g/mol. The second kappa shape index (κ2) is 30.7. The summed E-state index contributed by atoms with van der Waals surface area (Å²) in [6.45, 7) is 13.3. The fraction of sp³-hybridized carbons (Fsp3) is 0.887. The third-order valence-electron chi connectivity index (χ3n) is 14.9. The molecule has 8 N–H and O–H groups in total. The summed E-state index contributed by atoms with van der Waals surface area (Å²) in [5.41, 5.74) is 0.229. The number of allylic oxidation sites excluding steroid dienone is 1. The first-order chi connectivity index (χ1) is 36.5. The quantitative estimate of drug-likeness (QED) is 0.0530. The van der Waals surface area contributed by atoms with Gasteiger partial charge in [0.15, 0.2) is 49.8 Å². The summed E-state index contributed by atoms with van der Waals surface area (Å²) < 4.78 is 73.2. The van der Waals surface area contributed by atoms with Gasteiger partial charge in [-0.1, -0.05) is 84.6 Å². The molecule has 5 aliphatic rings. The second-order valence-electron chi connectivity index (χ2n) is 21.4. The van der Waals surface area contributed by atoms with Crippen LogP contribution in [0.4, 0.5) is 0 Å². The van der Waals surface area contributed by atoms with Gasteiger partial charge in [-0.15, -0.1) is 0 Å². The van der Waals surface area contributed by atoms with E-state index in [-0.39, 0.29) is 12.0 Å². The van der Waals surface area contributed by atoms with Gasteiger partial charge >= 0.3 is 23.9 Å². The van der Waals surface area contributed by atoms with Gasteiger partial charge < -0.3 is 97.7 Å². The van der Waals surface area contributed by atoms with Crippen LogP contribution in [0, 0.1) is 11.8 Å². The van der Waals surface area contributed by atoms with Crippen molar-refractivity contribution in [1.82, 2.24) is 0 Å². The predicted octanol–water partition coefficient (Wildman–Crippen LogP) is 1.60. The van der Waals surface area contributed by atoms with Crippen molar-refractivity contribution >= 4 is 23.9 Å². The summed E-state index contributed by atoms with van der Waals surface area (Å²) in [4.78, 5) is 53.4. The molecule has 0 aromatic rings. The molecule has 5 heterocycles. The number of rotatable bonds is 14. The van der Waals surface area contributed by atoms with Crippen LogP contribution in [0.25, 0.3) is 0 Å². The Morgan fingerprint density at radius 3 is 1.90 bits per heavy atom. The smallest absolute Gasteiger partial charge is 0.333 e. The second-order valence-corrected chi connectivity index (χ2v) is 21.4. The molecule has 0 spiro atoms. The Balaban J connectivity index is 1.60. The number of fused-ring (bicyclic) bond motifs is 4. The lowest BCUT2D eigenvalue weighted by Gasteiger charge is -2.50. The first-order valence-electron chi connectivity index (χ1n) is 27.6. The number of hydrogen-bond donors (Lipinski definition) is 8. The summed E-state index contributed by atoms with van der Waals surface area (Å²) in [5, 5.41) is 90.6. The van der Waals surface area contributed by atoms with Crippen LogP contribution in [-0.2, 0) is 76.0 Å². The average molecular weight is 1110 g/mol. The van der Waals surface area contributed by atoms with Crippen molar-refractivity contribution in [2.45, 2.75) is 281 Å². The Bertz CT molecular complexity index is 1870. The summed E-state index contributed by atoms with van der Waals surface area (Å²) in [7, 11) is 0. The number of aliphatic hydroxyl groups is 8. The molecule has 5 rings (SSSR count). The van der Waals surface area contributed by atoms with Crippen LogP contribution in [0.1, 0.15) is 146 Å².